The van der Waals surface area contributed by atoms with Crippen LogP contribution in [-0.4, -0.2) is 30.0 Å². The molecule has 0 atom stereocenters. The second-order valence-corrected chi connectivity index (χ2v) is 3.77. The van der Waals surface area contributed by atoms with E-state index in [1.807, 2.05) is 0 Å². The molecule has 0 aromatic heterocycles. The smallest absolute Gasteiger partial charge is 0.340 e. The van der Waals surface area contributed by atoms with Gasteiger partial charge in [0.25, 0.3) is 0 Å². The van der Waals surface area contributed by atoms with E-state index in [4.69, 9.17) is 16.7 Å². The normalized spacial score (nSPS) is 11.7. The van der Waals surface area contributed by atoms with Gasteiger partial charge in [0.2, 0.25) is 0 Å². The van der Waals surface area contributed by atoms with Gasteiger partial charge in [-0.25, -0.2) is 13.6 Å². The molecule has 0 radical (unpaired) electrons. The summed E-state index contributed by atoms with van der Waals surface area (Å²) in [5.41, 5.74) is -0.294. The first kappa shape index (κ1) is 14.6. The molecule has 8 heteroatoms. The van der Waals surface area contributed by atoms with Gasteiger partial charge in [0.05, 0.1) is 5.56 Å². The highest BCUT2D eigenvalue weighted by atomic mass is 35.5. The molecule has 0 unspecified atom stereocenters. The molecule has 0 saturated heterocycles. The second-order valence-electron chi connectivity index (χ2n) is 3.33. The molecule has 0 amide bonds. The number of ether oxygens (including phenoxy) is 1. The number of benzene rings is 1. The molecule has 0 fully saturated rings. The van der Waals surface area contributed by atoms with Gasteiger partial charge in [0.15, 0.2) is 6.61 Å². The zero-order valence-electron chi connectivity index (χ0n) is 8.67. The number of alkyl halides is 4. The van der Waals surface area contributed by atoms with Crippen LogP contribution in [0.15, 0.2) is 18.2 Å². The molecule has 0 aliphatic rings. The minimum absolute atomic E-state index is 0.0646. The minimum Gasteiger partial charge on any atom is -0.487 e. The molecule has 1 aromatic rings. The fraction of sp³-hybridized carbons (Fsp3) is 0.300. The van der Waals surface area contributed by atoms with Crippen molar-refractivity contribution in [3.63, 3.8) is 0 Å². The number of halogens is 5. The molecule has 0 heterocycles. The lowest BCUT2D eigenvalue weighted by atomic mass is 10.2. The summed E-state index contributed by atoms with van der Waals surface area (Å²) >= 11 is 5.53. The van der Waals surface area contributed by atoms with Crippen molar-refractivity contribution in [2.24, 2.45) is 0 Å². The molecule has 100 valence electrons. The van der Waals surface area contributed by atoms with E-state index in [0.29, 0.717) is 0 Å². The Labute approximate surface area is 104 Å². The summed E-state index contributed by atoms with van der Waals surface area (Å²) in [5, 5.41) is 8.60. The van der Waals surface area contributed by atoms with Gasteiger partial charge in [0, 0.05) is 5.02 Å². The van der Waals surface area contributed by atoms with Crippen molar-refractivity contribution in [1.82, 2.24) is 0 Å². The van der Waals surface area contributed by atoms with E-state index >= 15 is 0 Å². The van der Waals surface area contributed by atoms with Crippen molar-refractivity contribution in [2.45, 2.75) is 12.3 Å². The van der Waals surface area contributed by atoms with Gasteiger partial charge < -0.3 is 9.84 Å². The molecule has 0 bridgehead atoms. The van der Waals surface area contributed by atoms with Crippen molar-refractivity contribution in [3.8, 4) is 5.75 Å². The Hall–Kier alpha value is -1.50. The third-order valence-corrected chi connectivity index (χ3v) is 2.09. The topological polar surface area (TPSA) is 46.5 Å². The monoisotopic (exact) mass is 286 g/mol. The molecule has 18 heavy (non-hydrogen) atoms. The fourth-order valence-corrected chi connectivity index (χ4v) is 1.24. The maximum absolute atomic E-state index is 12.6. The number of hydrogen-bond donors (Lipinski definition) is 1. The lowest BCUT2D eigenvalue weighted by Gasteiger charge is -2.16. The van der Waals surface area contributed by atoms with Crippen molar-refractivity contribution in [1.29, 1.82) is 0 Å². The van der Waals surface area contributed by atoms with E-state index in [2.05, 4.69) is 4.74 Å². The summed E-state index contributed by atoms with van der Waals surface area (Å²) < 4.78 is 53.3. The van der Waals surface area contributed by atoms with Gasteiger partial charge in [-0.15, -0.1) is 0 Å². The lowest BCUT2D eigenvalue weighted by Crippen LogP contribution is -2.33. The van der Waals surface area contributed by atoms with Gasteiger partial charge in [-0.05, 0) is 18.2 Å². The van der Waals surface area contributed by atoms with Gasteiger partial charge in [0.1, 0.15) is 5.75 Å². The van der Waals surface area contributed by atoms with Gasteiger partial charge >= 0.3 is 18.3 Å². The Morgan fingerprint density at radius 2 is 2.00 bits per heavy atom. The Morgan fingerprint density at radius 1 is 1.39 bits per heavy atom. The highest BCUT2D eigenvalue weighted by molar-refractivity contribution is 6.31. The molecule has 0 saturated carbocycles. The van der Waals surface area contributed by atoms with Crippen LogP contribution in [0.3, 0.4) is 0 Å². The first-order chi connectivity index (χ1) is 8.22. The van der Waals surface area contributed by atoms with E-state index in [0.717, 1.165) is 18.2 Å². The third kappa shape index (κ3) is 3.76. The maximum Gasteiger partial charge on any atom is 0.340 e. The number of rotatable bonds is 5. The van der Waals surface area contributed by atoms with E-state index in [1.165, 1.54) is 0 Å². The molecular weight excluding hydrogens is 280 g/mol. The Kier molecular flexibility index (Phi) is 4.39. The van der Waals surface area contributed by atoms with Gasteiger partial charge in [-0.2, -0.15) is 8.78 Å². The van der Waals surface area contributed by atoms with E-state index in [1.54, 1.807) is 0 Å². The Bertz CT molecular complexity index is 451. The summed E-state index contributed by atoms with van der Waals surface area (Å²) in [4.78, 5) is 10.6. The number of carbonyl (C=O) groups is 1. The molecule has 1 N–H and O–H groups in total. The average molecular weight is 287 g/mol. The van der Waals surface area contributed by atoms with Crippen LogP contribution in [-0.2, 0) is 0 Å². The molecule has 3 nitrogen and oxygen atoms in total. The maximum atomic E-state index is 12.6. The summed E-state index contributed by atoms with van der Waals surface area (Å²) in [6.07, 6.45) is -3.87. The first-order valence-electron chi connectivity index (χ1n) is 4.55. The van der Waals surface area contributed by atoms with Crippen LogP contribution in [0.4, 0.5) is 17.6 Å². The first-order valence-corrected chi connectivity index (χ1v) is 4.93. The van der Waals surface area contributed by atoms with Crippen LogP contribution in [0, 0.1) is 0 Å². The lowest BCUT2D eigenvalue weighted by molar-refractivity contribution is -0.148. The zero-order valence-corrected chi connectivity index (χ0v) is 9.43. The molecule has 1 aromatic carbocycles. The van der Waals surface area contributed by atoms with E-state index in [9.17, 15) is 22.4 Å². The number of carboxylic acids is 1. The van der Waals surface area contributed by atoms with Crippen molar-refractivity contribution in [2.75, 3.05) is 6.61 Å². The van der Waals surface area contributed by atoms with Crippen LogP contribution in [0.2, 0.25) is 5.02 Å². The van der Waals surface area contributed by atoms with Crippen molar-refractivity contribution >= 4 is 17.6 Å². The molecule has 0 aliphatic carbocycles. The molecule has 0 spiro atoms. The third-order valence-electron chi connectivity index (χ3n) is 1.87. The quantitative estimate of drug-likeness (QED) is 0.845. The fourth-order valence-electron chi connectivity index (χ4n) is 1.01. The van der Waals surface area contributed by atoms with Crippen molar-refractivity contribution in [3.05, 3.63) is 28.8 Å². The highest BCUT2D eigenvalue weighted by Gasteiger charge is 2.41. The van der Waals surface area contributed by atoms with Gasteiger partial charge in [-0.3, -0.25) is 0 Å². The predicted molar refractivity (Wildman–Crippen MR) is 54.9 cm³/mol. The molecule has 1 rings (SSSR count). The van der Waals surface area contributed by atoms with Crippen LogP contribution in [0.25, 0.3) is 0 Å². The number of carboxylic acid groups (broad SMARTS) is 1. The highest BCUT2D eigenvalue weighted by Crippen LogP contribution is 2.26. The summed E-state index contributed by atoms with van der Waals surface area (Å²) in [5.74, 6) is -5.98. The Balaban J connectivity index is 2.83. The van der Waals surface area contributed by atoms with Crippen LogP contribution in [0.1, 0.15) is 10.4 Å². The molecular formula is C10H7ClF4O3. The number of hydrogen-bond acceptors (Lipinski definition) is 2. The SMILES string of the molecule is O=C(O)c1cc(Cl)cc(OCC(F)(F)C(F)F)c1. The summed E-state index contributed by atoms with van der Waals surface area (Å²) in [6.45, 7) is -1.57. The van der Waals surface area contributed by atoms with Gasteiger partial charge in [-0.1, -0.05) is 11.6 Å². The van der Waals surface area contributed by atoms with Crippen LogP contribution >= 0.6 is 11.6 Å². The minimum atomic E-state index is -4.31. The van der Waals surface area contributed by atoms with Crippen LogP contribution < -0.4 is 4.74 Å². The summed E-state index contributed by atoms with van der Waals surface area (Å²) in [7, 11) is 0. The van der Waals surface area contributed by atoms with Crippen molar-refractivity contribution < 1.29 is 32.2 Å². The van der Waals surface area contributed by atoms with E-state index in [-0.39, 0.29) is 16.3 Å². The summed E-state index contributed by atoms with van der Waals surface area (Å²) in [6, 6.07) is 3.04. The van der Waals surface area contributed by atoms with Crippen LogP contribution in [0.5, 0.6) is 5.75 Å². The molecule has 0 aliphatic heterocycles. The number of aromatic carboxylic acids is 1. The second kappa shape index (κ2) is 5.43. The largest absolute Gasteiger partial charge is 0.487 e. The standard InChI is InChI=1S/C10H7ClF4O3/c11-6-1-5(8(16)17)2-7(3-6)18-4-10(14,15)9(12)13/h1-3,9H,4H2,(H,16,17). The zero-order chi connectivity index (χ0) is 13.9. The average Bonchev–Trinajstić information content (AvgIpc) is 2.25. The predicted octanol–water partition coefficient (Wildman–Crippen LogP) is 3.32. The Morgan fingerprint density at radius 3 is 2.50 bits per heavy atom. The van der Waals surface area contributed by atoms with E-state index < -0.39 is 24.9 Å².